The van der Waals surface area contributed by atoms with Gasteiger partial charge in [0.1, 0.15) is 5.75 Å². The van der Waals surface area contributed by atoms with E-state index in [-0.39, 0.29) is 52.2 Å². The van der Waals surface area contributed by atoms with Gasteiger partial charge >= 0.3 is 5.97 Å². The van der Waals surface area contributed by atoms with E-state index in [0.717, 1.165) is 27.8 Å². The predicted octanol–water partition coefficient (Wildman–Crippen LogP) is 6.27. The standard InChI is InChI=1S/C41H34N2O7S/c1-26-37-34(22-27(40(45)49-3)23-36(37)50-25-48-2)42(51(46,47)29-16-8-5-9-17-29)24-35-38(39(26)44)43(35)41(28-14-6-4-7-15-28)32-20-12-10-18-30(32)31-19-11-13-21-33(31)41/h4-23,35,38H,1,24-25H2,2-3H3/t35-,38-,43?/m0/s1. The zero-order valence-corrected chi connectivity index (χ0v) is 28.8. The van der Waals surface area contributed by atoms with Crippen LogP contribution >= 0.6 is 0 Å². The maximum Gasteiger partial charge on any atom is 0.338 e. The number of carbonyl (C=O) groups is 2. The Hall–Kier alpha value is -5.55. The fraction of sp³-hybridized carbons (Fsp3) is 0.171. The molecule has 0 aromatic heterocycles. The first-order valence-corrected chi connectivity index (χ1v) is 17.9. The first-order chi connectivity index (χ1) is 24.7. The summed E-state index contributed by atoms with van der Waals surface area (Å²) in [6.07, 6.45) is 0. The van der Waals surface area contributed by atoms with Crippen molar-refractivity contribution in [1.82, 2.24) is 4.90 Å². The van der Waals surface area contributed by atoms with Gasteiger partial charge in [-0.25, -0.2) is 13.2 Å². The van der Waals surface area contributed by atoms with E-state index < -0.39 is 33.6 Å². The summed E-state index contributed by atoms with van der Waals surface area (Å²) in [6.45, 7) is 3.94. The molecule has 1 unspecified atom stereocenters. The van der Waals surface area contributed by atoms with Crippen molar-refractivity contribution in [1.29, 1.82) is 0 Å². The van der Waals surface area contributed by atoms with E-state index in [0.29, 0.717) is 0 Å². The molecular formula is C41H34N2O7S. The number of esters is 1. The van der Waals surface area contributed by atoms with Crippen LogP contribution in [0.1, 0.15) is 32.6 Å². The van der Waals surface area contributed by atoms with Gasteiger partial charge in [0.05, 0.1) is 53.0 Å². The number of benzene rings is 5. The number of nitrogens with zero attached hydrogens (tertiary/aromatic N) is 2. The highest BCUT2D eigenvalue weighted by Gasteiger charge is 2.67. The van der Waals surface area contributed by atoms with Crippen molar-refractivity contribution in [2.24, 2.45) is 0 Å². The van der Waals surface area contributed by atoms with Gasteiger partial charge in [0.2, 0.25) is 0 Å². The van der Waals surface area contributed by atoms with Gasteiger partial charge in [-0.1, -0.05) is 104 Å². The molecule has 10 heteroatoms. The predicted molar refractivity (Wildman–Crippen MR) is 193 cm³/mol. The number of hydrogen-bond acceptors (Lipinski definition) is 8. The van der Waals surface area contributed by atoms with Crippen LogP contribution in [0.15, 0.2) is 133 Å². The van der Waals surface area contributed by atoms with Gasteiger partial charge < -0.3 is 14.2 Å². The van der Waals surface area contributed by atoms with E-state index in [1.165, 1.54) is 42.8 Å². The van der Waals surface area contributed by atoms with E-state index >= 15 is 0 Å². The number of fused-ring (bicyclic) bond motifs is 5. The van der Waals surface area contributed by atoms with Crippen LogP contribution in [0.4, 0.5) is 5.69 Å². The number of hydrogen-bond donors (Lipinski definition) is 0. The molecule has 3 aliphatic rings. The van der Waals surface area contributed by atoms with Crippen molar-refractivity contribution in [3.05, 3.63) is 156 Å². The van der Waals surface area contributed by atoms with Crippen molar-refractivity contribution in [2.75, 3.05) is 31.9 Å². The molecule has 8 rings (SSSR count). The summed E-state index contributed by atoms with van der Waals surface area (Å²) in [5, 5.41) is 0. The van der Waals surface area contributed by atoms with E-state index in [2.05, 4.69) is 47.9 Å². The van der Waals surface area contributed by atoms with E-state index in [1.54, 1.807) is 18.2 Å². The van der Waals surface area contributed by atoms with Crippen LogP contribution < -0.4 is 9.04 Å². The second-order valence-corrected chi connectivity index (χ2v) is 14.6. The average Bonchev–Trinajstić information content (AvgIpc) is 3.80. The smallest absolute Gasteiger partial charge is 0.338 e. The zero-order valence-electron chi connectivity index (χ0n) is 28.0. The SMILES string of the molecule is C=C1C(=O)[C@@H]2[C@H](CN(S(=O)(=O)c3ccccc3)c3cc(C(=O)OC)cc(OCOC)c31)N2C1(c2ccccc2)c2ccccc2-c2ccccc21. The zero-order chi connectivity index (χ0) is 35.5. The van der Waals surface area contributed by atoms with Crippen molar-refractivity contribution in [3.8, 4) is 16.9 Å². The Labute approximate surface area is 296 Å². The van der Waals surface area contributed by atoms with Crippen molar-refractivity contribution < 1.29 is 32.2 Å². The lowest BCUT2D eigenvalue weighted by Crippen LogP contribution is -2.41. The summed E-state index contributed by atoms with van der Waals surface area (Å²) >= 11 is 0. The van der Waals surface area contributed by atoms with E-state index in [1.807, 2.05) is 42.5 Å². The summed E-state index contributed by atoms with van der Waals surface area (Å²) in [4.78, 5) is 30.1. The molecule has 9 nitrogen and oxygen atoms in total. The van der Waals surface area contributed by atoms with Gasteiger partial charge in [-0.3, -0.25) is 14.0 Å². The molecule has 0 bridgehead atoms. The third-order valence-electron chi connectivity index (χ3n) is 10.1. The number of carbonyl (C=O) groups excluding carboxylic acids is 2. The molecule has 0 saturated carbocycles. The minimum absolute atomic E-state index is 0.0417. The highest BCUT2D eigenvalue weighted by molar-refractivity contribution is 7.92. The maximum atomic E-state index is 14.9. The number of ether oxygens (including phenoxy) is 3. The molecule has 5 aromatic rings. The molecular weight excluding hydrogens is 665 g/mol. The molecule has 1 saturated heterocycles. The molecule has 1 aliphatic carbocycles. The molecule has 2 heterocycles. The Kier molecular flexibility index (Phi) is 7.90. The molecule has 2 aliphatic heterocycles. The fourth-order valence-corrected chi connectivity index (χ4v) is 9.45. The Morgan fingerprint density at radius 1 is 0.843 bits per heavy atom. The molecule has 0 N–H and O–H groups in total. The lowest BCUT2D eigenvalue weighted by atomic mass is 9.80. The molecule has 1 fully saturated rings. The number of anilines is 1. The van der Waals surface area contributed by atoms with Crippen LogP contribution in [-0.2, 0) is 29.8 Å². The number of rotatable bonds is 8. The van der Waals surface area contributed by atoms with Gasteiger partial charge in [0, 0.05) is 12.7 Å². The Bertz CT molecular complexity index is 2280. The minimum atomic E-state index is -4.29. The van der Waals surface area contributed by atoms with Crippen LogP contribution in [0, 0.1) is 0 Å². The number of methoxy groups -OCH3 is 2. The Balaban J connectivity index is 1.40. The second kappa shape index (κ2) is 12.3. The minimum Gasteiger partial charge on any atom is -0.467 e. The summed E-state index contributed by atoms with van der Waals surface area (Å²) in [7, 11) is -1.61. The first-order valence-electron chi connectivity index (χ1n) is 16.5. The molecule has 3 atom stereocenters. The average molecular weight is 699 g/mol. The summed E-state index contributed by atoms with van der Waals surface area (Å²) in [5.74, 6) is -0.908. The van der Waals surface area contributed by atoms with Crippen LogP contribution in [0.3, 0.4) is 0 Å². The Morgan fingerprint density at radius 2 is 1.43 bits per heavy atom. The number of sulfonamides is 1. The summed E-state index contributed by atoms with van der Waals surface area (Å²) in [6, 6.07) is 35.9. The molecule has 0 radical (unpaired) electrons. The van der Waals surface area contributed by atoms with Gasteiger partial charge in [0.25, 0.3) is 10.0 Å². The van der Waals surface area contributed by atoms with Gasteiger partial charge in [-0.15, -0.1) is 0 Å². The van der Waals surface area contributed by atoms with Gasteiger partial charge in [-0.05, 0) is 52.1 Å². The molecule has 51 heavy (non-hydrogen) atoms. The third-order valence-corrected chi connectivity index (χ3v) is 11.9. The molecule has 0 spiro atoms. The quantitative estimate of drug-likeness (QED) is 0.0809. The van der Waals surface area contributed by atoms with E-state index in [4.69, 9.17) is 14.2 Å². The lowest BCUT2D eigenvalue weighted by Gasteiger charge is -2.36. The van der Waals surface area contributed by atoms with Crippen LogP contribution in [0.25, 0.3) is 16.7 Å². The fourth-order valence-electron chi connectivity index (χ4n) is 7.95. The third kappa shape index (κ3) is 4.85. The van der Waals surface area contributed by atoms with Crippen LogP contribution in [-0.4, -0.2) is 64.7 Å². The second-order valence-electron chi connectivity index (χ2n) is 12.7. The van der Waals surface area contributed by atoms with Crippen molar-refractivity contribution in [3.63, 3.8) is 0 Å². The van der Waals surface area contributed by atoms with Crippen LogP contribution in [0.5, 0.6) is 5.75 Å². The Morgan fingerprint density at radius 3 is 2.04 bits per heavy atom. The largest absolute Gasteiger partial charge is 0.467 e. The van der Waals surface area contributed by atoms with Gasteiger partial charge in [0.15, 0.2) is 12.6 Å². The highest BCUT2D eigenvalue weighted by atomic mass is 32.2. The summed E-state index contributed by atoms with van der Waals surface area (Å²) < 4.78 is 47.1. The van der Waals surface area contributed by atoms with Gasteiger partial charge in [-0.2, -0.15) is 0 Å². The molecule has 256 valence electrons. The maximum absolute atomic E-state index is 14.9. The van der Waals surface area contributed by atoms with Crippen LogP contribution in [0.2, 0.25) is 0 Å². The monoisotopic (exact) mass is 698 g/mol. The van der Waals surface area contributed by atoms with Crippen molar-refractivity contribution in [2.45, 2.75) is 22.5 Å². The lowest BCUT2D eigenvalue weighted by molar-refractivity contribution is -0.114. The number of Topliss-reactive ketones (excluding diaryl/α,β-unsaturated/α-hetero) is 1. The topological polar surface area (TPSA) is 102 Å². The van der Waals surface area contributed by atoms with E-state index in [9.17, 15) is 18.0 Å². The first kappa shape index (κ1) is 32.6. The molecule has 5 aromatic carbocycles. The summed E-state index contributed by atoms with van der Waals surface area (Å²) in [5.41, 5.74) is 4.41. The molecule has 0 amide bonds. The number of ketones is 1. The highest BCUT2D eigenvalue weighted by Crippen LogP contribution is 2.61. The normalized spacial score (nSPS) is 19.9. The van der Waals surface area contributed by atoms with Crippen molar-refractivity contribution >= 4 is 33.0 Å².